The van der Waals surface area contributed by atoms with Crippen molar-refractivity contribution in [2.45, 2.75) is 6.92 Å². The van der Waals surface area contributed by atoms with Gasteiger partial charge in [-0.05, 0) is 30.7 Å². The first-order valence-corrected chi connectivity index (χ1v) is 5.71. The Balaban J connectivity index is 2.67. The van der Waals surface area contributed by atoms with E-state index in [0.717, 1.165) is 5.56 Å². The molecule has 0 atom stereocenters. The van der Waals surface area contributed by atoms with Crippen LogP contribution in [0.1, 0.15) is 15.9 Å². The number of terminal acetylenes is 1. The summed E-state index contributed by atoms with van der Waals surface area (Å²) in [4.78, 5) is 22.9. The van der Waals surface area contributed by atoms with Crippen LogP contribution >= 0.6 is 0 Å². The van der Waals surface area contributed by atoms with Gasteiger partial charge in [-0.15, -0.1) is 6.42 Å². The van der Waals surface area contributed by atoms with E-state index < -0.39 is 5.97 Å². The lowest BCUT2D eigenvalue weighted by atomic mass is 10.1. The van der Waals surface area contributed by atoms with Crippen molar-refractivity contribution in [3.8, 4) is 12.3 Å². The van der Waals surface area contributed by atoms with E-state index >= 15 is 0 Å². The van der Waals surface area contributed by atoms with E-state index in [1.165, 1.54) is 7.11 Å². The Bertz CT molecular complexity index is 518. The molecule has 0 aliphatic heterocycles. The van der Waals surface area contributed by atoms with Crippen LogP contribution in [0, 0.1) is 19.3 Å². The third-order valence-corrected chi connectivity index (χ3v) is 2.43. The molecular formula is C14H16N2O3. The summed E-state index contributed by atoms with van der Waals surface area (Å²) in [5, 5.41) is 5.52. The van der Waals surface area contributed by atoms with Gasteiger partial charge in [0.05, 0.1) is 25.8 Å². The van der Waals surface area contributed by atoms with E-state index in [-0.39, 0.29) is 12.5 Å². The summed E-state index contributed by atoms with van der Waals surface area (Å²) >= 11 is 0. The fourth-order valence-corrected chi connectivity index (χ4v) is 1.49. The molecule has 1 amide bonds. The maximum absolute atomic E-state index is 11.6. The standard InChI is InChI=1S/C14H16N2O3/c1-4-7-15-9-13(17)16-12-6-5-11(8-10(12)2)14(18)19-3/h1,5-6,8,15H,7,9H2,2-3H3,(H,16,17). The molecule has 19 heavy (non-hydrogen) atoms. The molecule has 0 radical (unpaired) electrons. The van der Waals surface area contributed by atoms with Crippen molar-refractivity contribution in [2.24, 2.45) is 0 Å². The zero-order valence-corrected chi connectivity index (χ0v) is 10.9. The molecule has 0 aliphatic rings. The fourth-order valence-electron chi connectivity index (χ4n) is 1.49. The predicted molar refractivity (Wildman–Crippen MR) is 72.9 cm³/mol. The van der Waals surface area contributed by atoms with Gasteiger partial charge in [0, 0.05) is 5.69 Å². The van der Waals surface area contributed by atoms with Crippen LogP contribution in [0.25, 0.3) is 0 Å². The zero-order chi connectivity index (χ0) is 14.3. The molecule has 0 saturated carbocycles. The van der Waals surface area contributed by atoms with Gasteiger partial charge in [0.1, 0.15) is 0 Å². The SMILES string of the molecule is C#CCNCC(=O)Nc1ccc(C(=O)OC)cc1C. The molecule has 0 saturated heterocycles. The van der Waals surface area contributed by atoms with E-state index in [9.17, 15) is 9.59 Å². The second-order valence-corrected chi connectivity index (χ2v) is 3.88. The van der Waals surface area contributed by atoms with Crippen molar-refractivity contribution in [1.29, 1.82) is 0 Å². The number of carbonyl (C=O) groups is 2. The van der Waals surface area contributed by atoms with Crippen molar-refractivity contribution >= 4 is 17.6 Å². The number of nitrogens with one attached hydrogen (secondary N) is 2. The number of amides is 1. The highest BCUT2D eigenvalue weighted by atomic mass is 16.5. The van der Waals surface area contributed by atoms with E-state index in [1.54, 1.807) is 25.1 Å². The molecule has 1 aromatic rings. The van der Waals surface area contributed by atoms with Crippen molar-refractivity contribution < 1.29 is 14.3 Å². The highest BCUT2D eigenvalue weighted by molar-refractivity contribution is 5.94. The van der Waals surface area contributed by atoms with Crippen molar-refractivity contribution in [2.75, 3.05) is 25.5 Å². The average molecular weight is 260 g/mol. The largest absolute Gasteiger partial charge is 0.465 e. The van der Waals surface area contributed by atoms with Gasteiger partial charge in [0.25, 0.3) is 0 Å². The van der Waals surface area contributed by atoms with Crippen LogP contribution in [0.4, 0.5) is 5.69 Å². The number of hydrogen-bond acceptors (Lipinski definition) is 4. The third kappa shape index (κ3) is 4.45. The number of carbonyl (C=O) groups excluding carboxylic acids is 2. The smallest absolute Gasteiger partial charge is 0.337 e. The first-order valence-electron chi connectivity index (χ1n) is 5.71. The summed E-state index contributed by atoms with van der Waals surface area (Å²) in [5.41, 5.74) is 1.89. The van der Waals surface area contributed by atoms with Crippen molar-refractivity contribution in [3.63, 3.8) is 0 Å². The number of ether oxygens (including phenoxy) is 1. The molecule has 1 aromatic carbocycles. The fraction of sp³-hybridized carbons (Fsp3) is 0.286. The van der Waals surface area contributed by atoms with Gasteiger partial charge >= 0.3 is 5.97 Å². The van der Waals surface area contributed by atoms with Gasteiger partial charge in [0.15, 0.2) is 0 Å². The maximum Gasteiger partial charge on any atom is 0.337 e. The highest BCUT2D eigenvalue weighted by Gasteiger charge is 2.09. The van der Waals surface area contributed by atoms with Crippen LogP contribution in [0.5, 0.6) is 0 Å². The number of methoxy groups -OCH3 is 1. The quantitative estimate of drug-likeness (QED) is 0.470. The molecule has 0 fully saturated rings. The Morgan fingerprint density at radius 1 is 1.42 bits per heavy atom. The normalized spacial score (nSPS) is 9.53. The van der Waals surface area contributed by atoms with Gasteiger partial charge in [-0.25, -0.2) is 4.79 Å². The molecule has 0 unspecified atom stereocenters. The van der Waals surface area contributed by atoms with Crippen molar-refractivity contribution in [1.82, 2.24) is 5.32 Å². The predicted octanol–water partition coefficient (Wildman–Crippen LogP) is 0.943. The Kier molecular flexibility index (Phi) is 5.58. The summed E-state index contributed by atoms with van der Waals surface area (Å²) in [7, 11) is 1.32. The Morgan fingerprint density at radius 2 is 2.16 bits per heavy atom. The monoisotopic (exact) mass is 260 g/mol. The first kappa shape index (κ1) is 14.7. The van der Waals surface area contributed by atoms with Crippen LogP contribution in [-0.2, 0) is 9.53 Å². The minimum absolute atomic E-state index is 0.141. The molecule has 5 nitrogen and oxygen atoms in total. The number of rotatable bonds is 5. The summed E-state index contributed by atoms with van der Waals surface area (Å²) in [6.07, 6.45) is 5.06. The lowest BCUT2D eigenvalue weighted by Crippen LogP contribution is -2.28. The third-order valence-electron chi connectivity index (χ3n) is 2.43. The van der Waals surface area contributed by atoms with E-state index in [1.807, 2.05) is 0 Å². The second kappa shape index (κ2) is 7.19. The molecule has 0 heterocycles. The number of anilines is 1. The maximum atomic E-state index is 11.6. The summed E-state index contributed by atoms with van der Waals surface area (Å²) < 4.78 is 4.62. The van der Waals surface area contributed by atoms with Gasteiger partial charge in [-0.3, -0.25) is 10.1 Å². The average Bonchev–Trinajstić information content (AvgIpc) is 2.40. The minimum Gasteiger partial charge on any atom is -0.465 e. The van der Waals surface area contributed by atoms with Gasteiger partial charge in [-0.1, -0.05) is 5.92 Å². The lowest BCUT2D eigenvalue weighted by molar-refractivity contribution is -0.115. The second-order valence-electron chi connectivity index (χ2n) is 3.88. The van der Waals surface area contributed by atoms with Gasteiger partial charge in [-0.2, -0.15) is 0 Å². The van der Waals surface area contributed by atoms with E-state index in [2.05, 4.69) is 21.3 Å². The van der Waals surface area contributed by atoms with Crippen molar-refractivity contribution in [3.05, 3.63) is 29.3 Å². The van der Waals surface area contributed by atoms with Crippen LogP contribution in [0.3, 0.4) is 0 Å². The number of benzene rings is 1. The highest BCUT2D eigenvalue weighted by Crippen LogP contribution is 2.16. The van der Waals surface area contributed by atoms with E-state index in [0.29, 0.717) is 17.8 Å². The molecule has 2 N–H and O–H groups in total. The molecule has 0 aromatic heterocycles. The van der Waals surface area contributed by atoms with Crippen LogP contribution in [0.15, 0.2) is 18.2 Å². The molecular weight excluding hydrogens is 244 g/mol. The lowest BCUT2D eigenvalue weighted by Gasteiger charge is -2.09. The van der Waals surface area contributed by atoms with Crippen LogP contribution < -0.4 is 10.6 Å². The molecule has 0 bridgehead atoms. The Morgan fingerprint density at radius 3 is 2.74 bits per heavy atom. The molecule has 1 rings (SSSR count). The molecule has 5 heteroatoms. The van der Waals surface area contributed by atoms with Crippen LogP contribution in [-0.4, -0.2) is 32.1 Å². The first-order chi connectivity index (χ1) is 9.08. The van der Waals surface area contributed by atoms with Gasteiger partial charge < -0.3 is 10.1 Å². The van der Waals surface area contributed by atoms with E-state index in [4.69, 9.17) is 6.42 Å². The summed E-state index contributed by atoms with van der Waals surface area (Å²) in [6, 6.07) is 4.93. The summed E-state index contributed by atoms with van der Waals surface area (Å²) in [6.45, 7) is 2.28. The molecule has 100 valence electrons. The topological polar surface area (TPSA) is 67.4 Å². The molecule has 0 spiro atoms. The van der Waals surface area contributed by atoms with Gasteiger partial charge in [0.2, 0.25) is 5.91 Å². The Labute approximate surface area is 112 Å². The summed E-state index contributed by atoms with van der Waals surface area (Å²) in [5.74, 6) is 1.79. The van der Waals surface area contributed by atoms with Crippen LogP contribution in [0.2, 0.25) is 0 Å². The zero-order valence-electron chi connectivity index (χ0n) is 10.9. The Hall–Kier alpha value is -2.32. The number of hydrogen-bond donors (Lipinski definition) is 2. The molecule has 0 aliphatic carbocycles. The minimum atomic E-state index is -0.406. The number of esters is 1. The number of aryl methyl sites for hydroxylation is 1.